The fraction of sp³-hybridized carbons (Fsp3) is 0.562. The summed E-state index contributed by atoms with van der Waals surface area (Å²) in [5, 5.41) is 3.09. The quantitative estimate of drug-likeness (QED) is 0.856. The fourth-order valence-corrected chi connectivity index (χ4v) is 3.84. The van der Waals surface area contributed by atoms with E-state index in [4.69, 9.17) is 5.73 Å². The van der Waals surface area contributed by atoms with Crippen molar-refractivity contribution in [2.45, 2.75) is 51.0 Å². The van der Waals surface area contributed by atoms with Crippen molar-refractivity contribution < 1.29 is 4.79 Å². The first kappa shape index (κ1) is 12.7. The van der Waals surface area contributed by atoms with E-state index in [1.54, 1.807) is 0 Å². The Labute approximate surface area is 114 Å². The molecule has 2 fully saturated rings. The number of hydrogen-bond acceptors (Lipinski definition) is 2. The SMILES string of the molecule is Cc1cccc(NC(=O)C23CCCC(N)(CC2)C3)c1. The number of nitrogens with one attached hydrogen (secondary N) is 1. The Kier molecular flexibility index (Phi) is 2.90. The molecule has 2 aliphatic carbocycles. The molecule has 0 aliphatic heterocycles. The average molecular weight is 258 g/mol. The van der Waals surface area contributed by atoms with Gasteiger partial charge in [0.25, 0.3) is 0 Å². The molecule has 0 heterocycles. The van der Waals surface area contributed by atoms with Gasteiger partial charge < -0.3 is 11.1 Å². The van der Waals surface area contributed by atoms with Crippen molar-refractivity contribution >= 4 is 11.6 Å². The van der Waals surface area contributed by atoms with Gasteiger partial charge in [0.2, 0.25) is 5.91 Å². The number of hydrogen-bond donors (Lipinski definition) is 2. The molecule has 19 heavy (non-hydrogen) atoms. The molecule has 0 spiro atoms. The lowest BCUT2D eigenvalue weighted by Gasteiger charge is -2.36. The van der Waals surface area contributed by atoms with E-state index in [0.717, 1.165) is 44.2 Å². The van der Waals surface area contributed by atoms with Crippen LogP contribution in [0.1, 0.15) is 44.1 Å². The minimum Gasteiger partial charge on any atom is -0.326 e. The Morgan fingerprint density at radius 1 is 1.26 bits per heavy atom. The van der Waals surface area contributed by atoms with Crippen LogP contribution in [0.15, 0.2) is 24.3 Å². The van der Waals surface area contributed by atoms with E-state index >= 15 is 0 Å². The molecule has 2 atom stereocenters. The third-order valence-electron chi connectivity index (χ3n) is 4.88. The van der Waals surface area contributed by atoms with Gasteiger partial charge in [-0.25, -0.2) is 0 Å². The van der Waals surface area contributed by atoms with Crippen molar-refractivity contribution in [3.8, 4) is 0 Å². The maximum atomic E-state index is 12.6. The lowest BCUT2D eigenvalue weighted by atomic mass is 9.72. The van der Waals surface area contributed by atoms with Crippen LogP contribution in [0.25, 0.3) is 0 Å². The second kappa shape index (κ2) is 4.34. The zero-order valence-corrected chi connectivity index (χ0v) is 11.5. The first-order valence-electron chi connectivity index (χ1n) is 7.19. The minimum atomic E-state index is -0.212. The third-order valence-corrected chi connectivity index (χ3v) is 4.88. The molecule has 2 bridgehead atoms. The zero-order chi connectivity index (χ0) is 13.5. The van der Waals surface area contributed by atoms with Gasteiger partial charge in [0.05, 0.1) is 5.41 Å². The highest BCUT2D eigenvalue weighted by molar-refractivity contribution is 5.95. The number of fused-ring (bicyclic) bond motifs is 2. The lowest BCUT2D eigenvalue weighted by Crippen LogP contribution is -2.45. The molecule has 3 rings (SSSR count). The van der Waals surface area contributed by atoms with Crippen molar-refractivity contribution in [2.75, 3.05) is 5.32 Å². The van der Waals surface area contributed by atoms with Crippen molar-refractivity contribution in [1.82, 2.24) is 0 Å². The van der Waals surface area contributed by atoms with Gasteiger partial charge in [0.15, 0.2) is 0 Å². The molecule has 3 N–H and O–H groups in total. The van der Waals surface area contributed by atoms with Crippen LogP contribution < -0.4 is 11.1 Å². The normalized spacial score (nSPS) is 33.2. The van der Waals surface area contributed by atoms with Crippen LogP contribution in [0, 0.1) is 12.3 Å². The summed E-state index contributed by atoms with van der Waals surface area (Å²) < 4.78 is 0. The van der Waals surface area contributed by atoms with Crippen LogP contribution in [0.2, 0.25) is 0 Å². The molecule has 0 saturated heterocycles. The predicted molar refractivity (Wildman–Crippen MR) is 76.9 cm³/mol. The van der Waals surface area contributed by atoms with Crippen LogP contribution in [0.4, 0.5) is 5.69 Å². The Bertz CT molecular complexity index is 513. The van der Waals surface area contributed by atoms with Gasteiger partial charge in [0.1, 0.15) is 0 Å². The smallest absolute Gasteiger partial charge is 0.230 e. The molecule has 3 heteroatoms. The van der Waals surface area contributed by atoms with Gasteiger partial charge in [-0.1, -0.05) is 18.6 Å². The number of carbonyl (C=O) groups is 1. The van der Waals surface area contributed by atoms with Crippen LogP contribution in [-0.4, -0.2) is 11.4 Å². The van der Waals surface area contributed by atoms with Gasteiger partial charge in [-0.15, -0.1) is 0 Å². The highest BCUT2D eigenvalue weighted by atomic mass is 16.2. The molecule has 1 amide bonds. The van der Waals surface area contributed by atoms with Gasteiger partial charge in [-0.2, -0.15) is 0 Å². The summed E-state index contributed by atoms with van der Waals surface area (Å²) in [5.74, 6) is 0.171. The maximum Gasteiger partial charge on any atom is 0.230 e. The molecule has 0 aromatic heterocycles. The molecule has 2 saturated carbocycles. The fourth-order valence-electron chi connectivity index (χ4n) is 3.84. The van der Waals surface area contributed by atoms with Gasteiger partial charge in [-0.3, -0.25) is 4.79 Å². The van der Waals surface area contributed by atoms with Crippen molar-refractivity contribution in [1.29, 1.82) is 0 Å². The molecule has 0 radical (unpaired) electrons. The Morgan fingerprint density at radius 3 is 2.89 bits per heavy atom. The molecule has 2 unspecified atom stereocenters. The standard InChI is InChI=1S/C16H22N2O/c1-12-4-2-5-13(10-12)18-14(19)15-6-3-7-16(17,11-15)9-8-15/h2,4-5,10H,3,6-9,11,17H2,1H3,(H,18,19). The summed E-state index contributed by atoms with van der Waals surface area (Å²) in [4.78, 5) is 12.6. The molecular formula is C16H22N2O. The van der Waals surface area contributed by atoms with Gasteiger partial charge in [0, 0.05) is 11.2 Å². The molecule has 2 aliphatic rings. The number of anilines is 1. The number of aryl methyl sites for hydroxylation is 1. The predicted octanol–water partition coefficient (Wildman–Crippen LogP) is 2.99. The number of amides is 1. The summed E-state index contributed by atoms with van der Waals surface area (Å²) in [7, 11) is 0. The second-order valence-electron chi connectivity index (χ2n) is 6.50. The zero-order valence-electron chi connectivity index (χ0n) is 11.5. The van der Waals surface area contributed by atoms with E-state index in [1.165, 1.54) is 5.56 Å². The largest absolute Gasteiger partial charge is 0.326 e. The van der Waals surface area contributed by atoms with Crippen LogP contribution in [0.5, 0.6) is 0 Å². The van der Waals surface area contributed by atoms with Crippen molar-refractivity contribution in [3.63, 3.8) is 0 Å². The molecule has 102 valence electrons. The topological polar surface area (TPSA) is 55.1 Å². The number of nitrogens with two attached hydrogens (primary N) is 1. The molecule has 1 aromatic carbocycles. The first-order valence-corrected chi connectivity index (χ1v) is 7.19. The molecule has 1 aromatic rings. The Hall–Kier alpha value is -1.35. The van der Waals surface area contributed by atoms with Gasteiger partial charge in [-0.05, 0) is 56.7 Å². The molecule has 3 nitrogen and oxygen atoms in total. The Balaban J connectivity index is 1.77. The monoisotopic (exact) mass is 258 g/mol. The second-order valence-corrected chi connectivity index (χ2v) is 6.50. The summed E-state index contributed by atoms with van der Waals surface area (Å²) in [6, 6.07) is 7.98. The van der Waals surface area contributed by atoms with Crippen molar-refractivity contribution in [2.24, 2.45) is 11.1 Å². The van der Waals surface area contributed by atoms with Gasteiger partial charge >= 0.3 is 0 Å². The maximum absolute atomic E-state index is 12.6. The number of benzene rings is 1. The third kappa shape index (κ3) is 2.27. The summed E-state index contributed by atoms with van der Waals surface area (Å²) >= 11 is 0. The van der Waals surface area contributed by atoms with E-state index in [2.05, 4.69) is 5.32 Å². The van der Waals surface area contributed by atoms with E-state index in [9.17, 15) is 4.79 Å². The van der Waals surface area contributed by atoms with E-state index in [1.807, 2.05) is 31.2 Å². The summed E-state index contributed by atoms with van der Waals surface area (Å²) in [6.45, 7) is 2.04. The highest BCUT2D eigenvalue weighted by Crippen LogP contribution is 2.52. The summed E-state index contributed by atoms with van der Waals surface area (Å²) in [6.07, 6.45) is 5.95. The number of carbonyl (C=O) groups excluding carboxylic acids is 1. The molecular weight excluding hydrogens is 236 g/mol. The van der Waals surface area contributed by atoms with Crippen LogP contribution >= 0.6 is 0 Å². The van der Waals surface area contributed by atoms with E-state index in [-0.39, 0.29) is 16.9 Å². The summed E-state index contributed by atoms with van der Waals surface area (Å²) in [5.41, 5.74) is 8.14. The van der Waals surface area contributed by atoms with Crippen molar-refractivity contribution in [3.05, 3.63) is 29.8 Å². The first-order chi connectivity index (χ1) is 9.01. The van der Waals surface area contributed by atoms with E-state index < -0.39 is 0 Å². The Morgan fingerprint density at radius 2 is 2.11 bits per heavy atom. The highest BCUT2D eigenvalue weighted by Gasteiger charge is 2.53. The lowest BCUT2D eigenvalue weighted by molar-refractivity contribution is -0.126. The average Bonchev–Trinajstić information content (AvgIpc) is 2.61. The van der Waals surface area contributed by atoms with E-state index in [0.29, 0.717) is 0 Å². The number of rotatable bonds is 2. The van der Waals surface area contributed by atoms with Crippen LogP contribution in [-0.2, 0) is 4.79 Å². The van der Waals surface area contributed by atoms with Crippen LogP contribution in [0.3, 0.4) is 0 Å². The minimum absolute atomic E-state index is 0.0812.